The molecule has 0 aliphatic carbocycles. The summed E-state index contributed by atoms with van der Waals surface area (Å²) < 4.78 is 12.0. The van der Waals surface area contributed by atoms with Crippen LogP contribution in [0.25, 0.3) is 0 Å². The molecule has 0 radical (unpaired) electrons. The number of benzene rings is 1. The molecule has 0 spiro atoms. The predicted octanol–water partition coefficient (Wildman–Crippen LogP) is 1.63. The first-order valence-electron chi connectivity index (χ1n) is 5.62. The molecule has 0 saturated heterocycles. The molecule has 0 amide bonds. The van der Waals surface area contributed by atoms with E-state index < -0.39 is 6.10 Å². The monoisotopic (exact) mass is 248 g/mol. The van der Waals surface area contributed by atoms with Crippen LogP contribution in [0.5, 0.6) is 11.5 Å². The Bertz CT molecular complexity index is 497. The van der Waals surface area contributed by atoms with E-state index in [2.05, 4.69) is 5.10 Å². The highest BCUT2D eigenvalue weighted by Crippen LogP contribution is 2.30. The molecule has 96 valence electrons. The third-order valence-corrected chi connectivity index (χ3v) is 2.71. The van der Waals surface area contributed by atoms with Crippen molar-refractivity contribution in [3.63, 3.8) is 0 Å². The lowest BCUT2D eigenvalue weighted by Gasteiger charge is -2.14. The molecule has 2 aromatic rings. The molecule has 2 rings (SSSR count). The number of rotatable bonds is 5. The van der Waals surface area contributed by atoms with Gasteiger partial charge < -0.3 is 14.6 Å². The van der Waals surface area contributed by atoms with E-state index in [4.69, 9.17) is 9.47 Å². The van der Waals surface area contributed by atoms with Gasteiger partial charge in [0.05, 0.1) is 26.9 Å². The number of methoxy groups -OCH3 is 2. The number of hydrogen-bond acceptors (Lipinski definition) is 4. The third-order valence-electron chi connectivity index (χ3n) is 2.71. The normalized spacial score (nSPS) is 12.2. The van der Waals surface area contributed by atoms with E-state index in [1.807, 2.05) is 18.3 Å². The molecule has 0 bridgehead atoms. The Morgan fingerprint density at radius 1 is 1.28 bits per heavy atom. The highest BCUT2D eigenvalue weighted by molar-refractivity contribution is 5.43. The summed E-state index contributed by atoms with van der Waals surface area (Å²) in [7, 11) is 3.15. The van der Waals surface area contributed by atoms with Gasteiger partial charge in [-0.1, -0.05) is 6.07 Å². The number of aromatic nitrogens is 2. The van der Waals surface area contributed by atoms with Gasteiger partial charge in [-0.3, -0.25) is 4.68 Å². The maximum Gasteiger partial charge on any atom is 0.161 e. The Hall–Kier alpha value is -2.01. The van der Waals surface area contributed by atoms with Crippen LogP contribution in [0, 0.1) is 0 Å². The van der Waals surface area contributed by atoms with Gasteiger partial charge in [-0.25, -0.2) is 0 Å². The molecule has 1 heterocycles. The molecular formula is C13H16N2O3. The Kier molecular flexibility index (Phi) is 3.84. The molecule has 0 aliphatic rings. The minimum Gasteiger partial charge on any atom is -0.493 e. The van der Waals surface area contributed by atoms with E-state index in [0.29, 0.717) is 18.0 Å². The van der Waals surface area contributed by atoms with Crippen molar-refractivity contribution in [2.75, 3.05) is 14.2 Å². The Labute approximate surface area is 106 Å². The lowest BCUT2D eigenvalue weighted by atomic mass is 10.1. The summed E-state index contributed by atoms with van der Waals surface area (Å²) in [4.78, 5) is 0. The topological polar surface area (TPSA) is 56.5 Å². The van der Waals surface area contributed by atoms with E-state index in [0.717, 1.165) is 5.56 Å². The highest BCUT2D eigenvalue weighted by atomic mass is 16.5. The summed E-state index contributed by atoms with van der Waals surface area (Å²) in [5.41, 5.74) is 0.767. The average molecular weight is 248 g/mol. The van der Waals surface area contributed by atoms with Crippen molar-refractivity contribution in [3.05, 3.63) is 42.2 Å². The molecule has 0 fully saturated rings. The van der Waals surface area contributed by atoms with Gasteiger partial charge in [-0.15, -0.1) is 0 Å². The van der Waals surface area contributed by atoms with E-state index in [9.17, 15) is 5.11 Å². The Morgan fingerprint density at radius 2 is 2.06 bits per heavy atom. The molecule has 18 heavy (non-hydrogen) atoms. The second kappa shape index (κ2) is 5.55. The van der Waals surface area contributed by atoms with E-state index in [1.54, 1.807) is 37.2 Å². The third kappa shape index (κ3) is 2.62. The van der Waals surface area contributed by atoms with Crippen LogP contribution in [-0.2, 0) is 6.54 Å². The van der Waals surface area contributed by atoms with Crippen LogP contribution < -0.4 is 9.47 Å². The molecule has 1 N–H and O–H groups in total. The van der Waals surface area contributed by atoms with Crippen LogP contribution in [0.1, 0.15) is 11.7 Å². The van der Waals surface area contributed by atoms with Crippen molar-refractivity contribution in [2.45, 2.75) is 12.6 Å². The second-order valence-electron chi connectivity index (χ2n) is 3.86. The van der Waals surface area contributed by atoms with Gasteiger partial charge in [0.25, 0.3) is 0 Å². The van der Waals surface area contributed by atoms with E-state index in [1.165, 1.54) is 0 Å². The summed E-state index contributed by atoms with van der Waals surface area (Å²) in [6.07, 6.45) is 2.86. The molecule has 0 aliphatic heterocycles. The van der Waals surface area contributed by atoms with E-state index >= 15 is 0 Å². The molecule has 1 unspecified atom stereocenters. The number of nitrogens with zero attached hydrogens (tertiary/aromatic N) is 2. The molecule has 0 saturated carbocycles. The number of aliphatic hydroxyl groups excluding tert-OH is 1. The van der Waals surface area contributed by atoms with Crippen LogP contribution in [0.4, 0.5) is 0 Å². The fourth-order valence-electron chi connectivity index (χ4n) is 1.75. The maximum atomic E-state index is 10.1. The van der Waals surface area contributed by atoms with Gasteiger partial charge in [0.1, 0.15) is 0 Å². The zero-order chi connectivity index (χ0) is 13.0. The lowest BCUT2D eigenvalue weighted by molar-refractivity contribution is 0.151. The first-order valence-corrected chi connectivity index (χ1v) is 5.62. The number of aliphatic hydroxyl groups is 1. The minimum atomic E-state index is -0.635. The smallest absolute Gasteiger partial charge is 0.161 e. The summed E-state index contributed by atoms with van der Waals surface area (Å²) in [5.74, 6) is 1.25. The number of ether oxygens (including phenoxy) is 2. The first kappa shape index (κ1) is 12.4. The average Bonchev–Trinajstić information content (AvgIpc) is 2.90. The number of hydrogen-bond donors (Lipinski definition) is 1. The van der Waals surface area contributed by atoms with Crippen LogP contribution in [-0.4, -0.2) is 29.1 Å². The standard InChI is InChI=1S/C13H16N2O3/c1-17-12-5-4-10(8-13(12)18-2)11(16)9-15-7-3-6-14-15/h3-8,11,16H,9H2,1-2H3. The summed E-state index contributed by atoms with van der Waals surface area (Å²) in [5, 5.41) is 14.2. The van der Waals surface area contributed by atoms with Gasteiger partial charge >= 0.3 is 0 Å². The molecule has 1 aromatic carbocycles. The molecule has 1 atom stereocenters. The van der Waals surface area contributed by atoms with Crippen LogP contribution in [0.3, 0.4) is 0 Å². The minimum absolute atomic E-state index is 0.405. The Morgan fingerprint density at radius 3 is 2.67 bits per heavy atom. The Balaban J connectivity index is 2.17. The zero-order valence-corrected chi connectivity index (χ0v) is 10.4. The van der Waals surface area contributed by atoms with Crippen molar-refractivity contribution in [1.82, 2.24) is 9.78 Å². The second-order valence-corrected chi connectivity index (χ2v) is 3.86. The summed E-state index contributed by atoms with van der Waals surface area (Å²) >= 11 is 0. The largest absolute Gasteiger partial charge is 0.493 e. The molecule has 5 nitrogen and oxygen atoms in total. The van der Waals surface area contributed by atoms with Crippen LogP contribution in [0.15, 0.2) is 36.7 Å². The van der Waals surface area contributed by atoms with E-state index in [-0.39, 0.29) is 0 Å². The van der Waals surface area contributed by atoms with Gasteiger partial charge in [-0.2, -0.15) is 5.10 Å². The van der Waals surface area contributed by atoms with Gasteiger partial charge in [0, 0.05) is 12.4 Å². The maximum absolute atomic E-state index is 10.1. The highest BCUT2D eigenvalue weighted by Gasteiger charge is 2.12. The van der Waals surface area contributed by atoms with Crippen molar-refractivity contribution < 1.29 is 14.6 Å². The quantitative estimate of drug-likeness (QED) is 0.873. The molecule has 5 heteroatoms. The fraction of sp³-hybridized carbons (Fsp3) is 0.308. The predicted molar refractivity (Wildman–Crippen MR) is 66.7 cm³/mol. The van der Waals surface area contributed by atoms with Gasteiger partial charge in [0.15, 0.2) is 11.5 Å². The van der Waals surface area contributed by atoms with Gasteiger partial charge in [0.2, 0.25) is 0 Å². The van der Waals surface area contributed by atoms with Crippen molar-refractivity contribution in [1.29, 1.82) is 0 Å². The summed E-state index contributed by atoms with van der Waals surface area (Å²) in [6, 6.07) is 7.18. The van der Waals surface area contributed by atoms with Crippen molar-refractivity contribution >= 4 is 0 Å². The molecule has 1 aromatic heterocycles. The first-order chi connectivity index (χ1) is 8.74. The SMILES string of the molecule is COc1ccc(C(O)Cn2cccn2)cc1OC. The lowest BCUT2D eigenvalue weighted by Crippen LogP contribution is -2.09. The van der Waals surface area contributed by atoms with Crippen molar-refractivity contribution in [3.8, 4) is 11.5 Å². The van der Waals surface area contributed by atoms with Crippen LogP contribution in [0.2, 0.25) is 0 Å². The molecular weight excluding hydrogens is 232 g/mol. The van der Waals surface area contributed by atoms with Gasteiger partial charge in [-0.05, 0) is 23.8 Å². The zero-order valence-electron chi connectivity index (χ0n) is 10.4. The van der Waals surface area contributed by atoms with Crippen molar-refractivity contribution in [2.24, 2.45) is 0 Å². The fourth-order valence-corrected chi connectivity index (χ4v) is 1.75. The summed E-state index contributed by atoms with van der Waals surface area (Å²) in [6.45, 7) is 0.405. The van der Waals surface area contributed by atoms with Crippen LogP contribution >= 0.6 is 0 Å².